The molecular formula is C33H54O5. The largest absolute Gasteiger partial charge is 0.396 e. The standard InChI is InChI=1S/C33H54O5/c1-8-33(9-2)30(37-31(5,6)38-33)16-18-36-23(4)28-14-15-29-24(11-10-17-32(28,29)7)12-13-25-19-27(35)20-26(21-34)22(25)3/h12-13,23,26-30,34-35H,3,8-11,14-21H2,1-2,4-7H3/b24-12+,25-13-/t23-,26+,27+,28-,29+,30+,32-/m1/s1. The molecule has 7 atom stereocenters. The predicted molar refractivity (Wildman–Crippen MR) is 153 cm³/mol. The zero-order valence-electron chi connectivity index (χ0n) is 24.9. The summed E-state index contributed by atoms with van der Waals surface area (Å²) in [4.78, 5) is 0. The normalized spacial score (nSPS) is 39.6. The highest BCUT2D eigenvalue weighted by Crippen LogP contribution is 2.58. The summed E-state index contributed by atoms with van der Waals surface area (Å²) >= 11 is 0. The van der Waals surface area contributed by atoms with Crippen molar-refractivity contribution in [2.24, 2.45) is 23.2 Å². The van der Waals surface area contributed by atoms with Crippen molar-refractivity contribution in [3.8, 4) is 0 Å². The Balaban J connectivity index is 1.39. The van der Waals surface area contributed by atoms with Gasteiger partial charge in [0.25, 0.3) is 0 Å². The number of fused-ring (bicyclic) bond motifs is 1. The van der Waals surface area contributed by atoms with E-state index in [0.29, 0.717) is 31.3 Å². The summed E-state index contributed by atoms with van der Waals surface area (Å²) in [6.07, 6.45) is 14.5. The van der Waals surface area contributed by atoms with E-state index in [1.54, 1.807) is 5.57 Å². The number of hydrogen-bond donors (Lipinski definition) is 2. The molecule has 4 aliphatic rings. The van der Waals surface area contributed by atoms with Gasteiger partial charge in [-0.3, -0.25) is 0 Å². The van der Waals surface area contributed by atoms with Crippen LogP contribution in [0.5, 0.6) is 0 Å². The van der Waals surface area contributed by atoms with Gasteiger partial charge in [0.05, 0.1) is 30.5 Å². The van der Waals surface area contributed by atoms with E-state index < -0.39 is 5.79 Å². The molecule has 5 heteroatoms. The average Bonchev–Trinajstić information content (AvgIpc) is 3.37. The van der Waals surface area contributed by atoms with Gasteiger partial charge in [0.15, 0.2) is 5.79 Å². The molecule has 0 spiro atoms. The Morgan fingerprint density at radius 2 is 1.89 bits per heavy atom. The first kappa shape index (κ1) is 30.0. The first-order chi connectivity index (χ1) is 18.0. The summed E-state index contributed by atoms with van der Waals surface area (Å²) in [5.74, 6) is 0.574. The van der Waals surface area contributed by atoms with Crippen LogP contribution in [0.15, 0.2) is 35.5 Å². The molecule has 1 heterocycles. The molecular weight excluding hydrogens is 476 g/mol. The van der Waals surface area contributed by atoms with Crippen LogP contribution >= 0.6 is 0 Å². The van der Waals surface area contributed by atoms with E-state index in [4.69, 9.17) is 14.2 Å². The molecule has 0 aromatic rings. The van der Waals surface area contributed by atoms with Gasteiger partial charge in [-0.1, -0.05) is 45.1 Å². The van der Waals surface area contributed by atoms with Crippen LogP contribution in [0.2, 0.25) is 0 Å². The van der Waals surface area contributed by atoms with Crippen LogP contribution < -0.4 is 0 Å². The summed E-state index contributed by atoms with van der Waals surface area (Å²) in [6, 6.07) is 0. The Morgan fingerprint density at radius 1 is 1.16 bits per heavy atom. The van der Waals surface area contributed by atoms with Crippen molar-refractivity contribution in [3.63, 3.8) is 0 Å². The van der Waals surface area contributed by atoms with Gasteiger partial charge in [0.1, 0.15) is 0 Å². The van der Waals surface area contributed by atoms with E-state index in [0.717, 1.165) is 36.8 Å². The molecule has 216 valence electrons. The molecule has 38 heavy (non-hydrogen) atoms. The molecule has 1 saturated heterocycles. The molecule has 0 aromatic heterocycles. The van der Waals surface area contributed by atoms with Crippen molar-refractivity contribution in [2.45, 2.75) is 135 Å². The Labute approximate surface area is 231 Å². The minimum atomic E-state index is -0.532. The molecule has 0 radical (unpaired) electrons. The highest BCUT2D eigenvalue weighted by molar-refractivity contribution is 5.38. The fourth-order valence-corrected chi connectivity index (χ4v) is 8.50. The van der Waals surface area contributed by atoms with Crippen molar-refractivity contribution < 1.29 is 24.4 Å². The molecule has 4 fully saturated rings. The lowest BCUT2D eigenvalue weighted by Gasteiger charge is -2.44. The van der Waals surface area contributed by atoms with Crippen LogP contribution in [0.3, 0.4) is 0 Å². The Hall–Kier alpha value is -0.980. The van der Waals surface area contributed by atoms with E-state index in [-0.39, 0.29) is 41.9 Å². The molecule has 3 saturated carbocycles. The monoisotopic (exact) mass is 530 g/mol. The topological polar surface area (TPSA) is 68.2 Å². The first-order valence-corrected chi connectivity index (χ1v) is 15.4. The van der Waals surface area contributed by atoms with Gasteiger partial charge in [-0.05, 0) is 113 Å². The van der Waals surface area contributed by atoms with Gasteiger partial charge >= 0.3 is 0 Å². The molecule has 5 nitrogen and oxygen atoms in total. The third-order valence-electron chi connectivity index (χ3n) is 10.7. The van der Waals surface area contributed by atoms with Crippen molar-refractivity contribution in [2.75, 3.05) is 13.2 Å². The predicted octanol–water partition coefficient (Wildman–Crippen LogP) is 6.88. The van der Waals surface area contributed by atoms with Gasteiger partial charge in [0.2, 0.25) is 0 Å². The lowest BCUT2D eigenvalue weighted by molar-refractivity contribution is -0.164. The van der Waals surface area contributed by atoms with Crippen LogP contribution in [-0.4, -0.2) is 53.1 Å². The van der Waals surface area contributed by atoms with E-state index >= 15 is 0 Å². The van der Waals surface area contributed by atoms with Crippen LogP contribution in [-0.2, 0) is 14.2 Å². The van der Waals surface area contributed by atoms with Crippen molar-refractivity contribution in [1.29, 1.82) is 0 Å². The molecule has 3 aliphatic carbocycles. The third-order valence-corrected chi connectivity index (χ3v) is 10.7. The van der Waals surface area contributed by atoms with Gasteiger partial charge in [-0.2, -0.15) is 0 Å². The third kappa shape index (κ3) is 5.88. The van der Waals surface area contributed by atoms with Gasteiger partial charge in [-0.15, -0.1) is 0 Å². The SMILES string of the molecule is C=C1/C(=C\C=C2/CCC[C@]3(C)[C@@H]([C@@H](C)OCC[C@@H]4OC(C)(C)OC4(CC)CC)CC[C@@H]23)C[C@H](O)C[C@H]1CO. The summed E-state index contributed by atoms with van der Waals surface area (Å²) in [7, 11) is 0. The summed E-state index contributed by atoms with van der Waals surface area (Å²) < 4.78 is 19.3. The van der Waals surface area contributed by atoms with Crippen LogP contribution in [0.25, 0.3) is 0 Å². The Kier molecular flexibility index (Phi) is 9.36. The van der Waals surface area contributed by atoms with E-state index in [9.17, 15) is 10.2 Å². The van der Waals surface area contributed by atoms with Crippen molar-refractivity contribution in [3.05, 3.63) is 35.5 Å². The Morgan fingerprint density at radius 3 is 2.58 bits per heavy atom. The van der Waals surface area contributed by atoms with Crippen molar-refractivity contribution in [1.82, 2.24) is 0 Å². The lowest BCUT2D eigenvalue weighted by atomic mass is 9.62. The molecule has 0 bridgehead atoms. The van der Waals surface area contributed by atoms with Crippen molar-refractivity contribution >= 4 is 0 Å². The van der Waals surface area contributed by atoms with Crippen LogP contribution in [0.4, 0.5) is 0 Å². The maximum atomic E-state index is 10.3. The van der Waals surface area contributed by atoms with E-state index in [1.807, 2.05) is 13.8 Å². The van der Waals surface area contributed by atoms with E-state index in [1.165, 1.54) is 25.7 Å². The summed E-state index contributed by atoms with van der Waals surface area (Å²) in [6.45, 7) is 18.2. The summed E-state index contributed by atoms with van der Waals surface area (Å²) in [5, 5.41) is 20.0. The Bertz CT molecular complexity index is 899. The summed E-state index contributed by atoms with van der Waals surface area (Å²) in [5.41, 5.74) is 3.68. The van der Waals surface area contributed by atoms with Gasteiger partial charge in [-0.25, -0.2) is 0 Å². The molecule has 0 amide bonds. The lowest BCUT2D eigenvalue weighted by Crippen LogP contribution is -2.41. The second-order valence-corrected chi connectivity index (χ2v) is 13.3. The first-order valence-electron chi connectivity index (χ1n) is 15.4. The highest BCUT2D eigenvalue weighted by atomic mass is 16.8. The molecule has 1 aliphatic heterocycles. The number of aliphatic hydroxyl groups excluding tert-OH is 2. The second-order valence-electron chi connectivity index (χ2n) is 13.3. The highest BCUT2D eigenvalue weighted by Gasteiger charge is 2.52. The van der Waals surface area contributed by atoms with E-state index in [2.05, 4.69) is 46.4 Å². The number of allylic oxidation sites excluding steroid dienone is 3. The average molecular weight is 531 g/mol. The molecule has 2 N–H and O–H groups in total. The molecule has 0 unspecified atom stereocenters. The maximum Gasteiger partial charge on any atom is 0.164 e. The number of hydrogen-bond acceptors (Lipinski definition) is 5. The zero-order valence-corrected chi connectivity index (χ0v) is 24.9. The van der Waals surface area contributed by atoms with Crippen LogP contribution in [0.1, 0.15) is 106 Å². The van der Waals surface area contributed by atoms with Crippen LogP contribution in [0, 0.1) is 23.2 Å². The fraction of sp³-hybridized carbons (Fsp3) is 0.818. The maximum absolute atomic E-state index is 10.3. The molecule has 4 rings (SSSR count). The second kappa shape index (κ2) is 11.9. The fourth-order valence-electron chi connectivity index (χ4n) is 8.50. The minimum Gasteiger partial charge on any atom is -0.396 e. The smallest absolute Gasteiger partial charge is 0.164 e. The molecule has 0 aromatic carbocycles. The number of rotatable bonds is 9. The van der Waals surface area contributed by atoms with Gasteiger partial charge in [0, 0.05) is 12.5 Å². The minimum absolute atomic E-state index is 0.0269. The number of aliphatic hydroxyl groups is 2. The number of ether oxygens (including phenoxy) is 3. The quantitative estimate of drug-likeness (QED) is 0.340. The van der Waals surface area contributed by atoms with Gasteiger partial charge < -0.3 is 24.4 Å². The zero-order chi connectivity index (χ0) is 27.7.